The summed E-state index contributed by atoms with van der Waals surface area (Å²) in [5.41, 5.74) is 9.11. The maximum atomic E-state index is 13.5. The number of nitrogens with zero attached hydrogens (tertiary/aromatic N) is 2. The van der Waals surface area contributed by atoms with Crippen molar-refractivity contribution in [2.75, 3.05) is 30.7 Å². The van der Waals surface area contributed by atoms with Gasteiger partial charge in [-0.05, 0) is 55.8 Å². The number of Topliss-reactive ketones (excluding diaryl/α,β-unsaturated/α-hetero) is 1. The monoisotopic (exact) mass is 527 g/mol. The Morgan fingerprint density at radius 3 is 2.59 bits per heavy atom. The summed E-state index contributed by atoms with van der Waals surface area (Å²) in [4.78, 5) is 19.9. The van der Waals surface area contributed by atoms with Gasteiger partial charge >= 0.3 is 0 Å². The number of unbranched alkanes of at least 4 members (excludes halogenated alkanes) is 1. The molecule has 2 aromatic rings. The minimum atomic E-state index is -3.63. The normalized spacial score (nSPS) is 15.6. The van der Waals surface area contributed by atoms with E-state index in [1.807, 2.05) is 32.9 Å². The van der Waals surface area contributed by atoms with Crippen LogP contribution in [0.3, 0.4) is 0 Å². The second kappa shape index (κ2) is 10.4. The summed E-state index contributed by atoms with van der Waals surface area (Å²) in [5.74, 6) is 0.943. The van der Waals surface area contributed by atoms with Crippen LogP contribution in [0, 0.1) is 5.41 Å². The Morgan fingerprint density at radius 1 is 1.24 bits per heavy atom. The summed E-state index contributed by atoms with van der Waals surface area (Å²) in [7, 11) is -3.63. The Balaban J connectivity index is 1.62. The molecule has 200 valence electrons. The summed E-state index contributed by atoms with van der Waals surface area (Å²) >= 11 is 0. The van der Waals surface area contributed by atoms with Gasteiger partial charge in [0.1, 0.15) is 17.3 Å². The molecule has 4 rings (SSSR count). The predicted octanol–water partition coefficient (Wildman–Crippen LogP) is 3.77. The van der Waals surface area contributed by atoms with Gasteiger partial charge < -0.3 is 15.4 Å². The van der Waals surface area contributed by atoms with E-state index in [1.54, 1.807) is 11.0 Å². The van der Waals surface area contributed by atoms with Gasteiger partial charge in [-0.3, -0.25) is 14.9 Å². The number of sulfonamides is 1. The standard InChI is InChI=1S/C27H37N5O4S/c1-27(2,3)20-13-19(14-22(31-37(4,34)35)25(20)36-12-6-5-11-28)23(33)16-32-15-18-9-10-21(17-7-8-17)30-24(18)26(32)29/h9-10,13-14,17,29,31H,5-8,11-12,15-16,28H2,1-4H3. The third kappa shape index (κ3) is 6.48. The van der Waals surface area contributed by atoms with Crippen molar-refractivity contribution in [3.05, 3.63) is 52.3 Å². The first-order valence-electron chi connectivity index (χ1n) is 12.7. The zero-order chi connectivity index (χ0) is 27.0. The first kappa shape index (κ1) is 27.1. The molecule has 1 aliphatic heterocycles. The van der Waals surface area contributed by atoms with Crippen LogP contribution >= 0.6 is 0 Å². The number of amidine groups is 1. The number of ether oxygens (including phenoxy) is 1. The molecule has 1 fully saturated rings. The Labute approximate surface area is 219 Å². The van der Waals surface area contributed by atoms with Crippen LogP contribution in [0.25, 0.3) is 0 Å². The van der Waals surface area contributed by atoms with E-state index < -0.39 is 15.4 Å². The fourth-order valence-corrected chi connectivity index (χ4v) is 5.03. The molecule has 0 amide bonds. The van der Waals surface area contributed by atoms with Crippen LogP contribution < -0.4 is 15.2 Å². The first-order chi connectivity index (χ1) is 17.4. The van der Waals surface area contributed by atoms with E-state index in [4.69, 9.17) is 20.9 Å². The molecule has 2 aliphatic rings. The number of pyridine rings is 1. The number of fused-ring (bicyclic) bond motifs is 1. The topological polar surface area (TPSA) is 138 Å². The van der Waals surface area contributed by atoms with Crippen molar-refractivity contribution in [1.29, 1.82) is 5.41 Å². The van der Waals surface area contributed by atoms with E-state index in [9.17, 15) is 13.2 Å². The van der Waals surface area contributed by atoms with Gasteiger partial charge in [0.15, 0.2) is 5.78 Å². The molecule has 1 aliphatic carbocycles. The number of carbonyl (C=O) groups excluding carboxylic acids is 1. The molecule has 2 heterocycles. The number of nitrogens with one attached hydrogen (secondary N) is 2. The van der Waals surface area contributed by atoms with E-state index >= 15 is 0 Å². The molecule has 9 nitrogen and oxygen atoms in total. The molecule has 1 aromatic carbocycles. The quantitative estimate of drug-likeness (QED) is 0.299. The zero-order valence-corrected chi connectivity index (χ0v) is 22.9. The first-order valence-corrected chi connectivity index (χ1v) is 14.6. The van der Waals surface area contributed by atoms with E-state index in [-0.39, 0.29) is 23.9 Å². The van der Waals surface area contributed by atoms with Gasteiger partial charge in [-0.25, -0.2) is 13.4 Å². The van der Waals surface area contributed by atoms with E-state index in [0.717, 1.165) is 48.8 Å². The van der Waals surface area contributed by atoms with Crippen molar-refractivity contribution in [2.24, 2.45) is 5.73 Å². The highest BCUT2D eigenvalue weighted by atomic mass is 32.2. The Bertz CT molecular complexity index is 1310. The van der Waals surface area contributed by atoms with Gasteiger partial charge in [-0.2, -0.15) is 0 Å². The smallest absolute Gasteiger partial charge is 0.229 e. The highest BCUT2D eigenvalue weighted by molar-refractivity contribution is 7.92. The van der Waals surface area contributed by atoms with Crippen LogP contribution in [0.1, 0.15) is 85.2 Å². The predicted molar refractivity (Wildman–Crippen MR) is 145 cm³/mol. The van der Waals surface area contributed by atoms with Gasteiger partial charge in [-0.15, -0.1) is 0 Å². The summed E-state index contributed by atoms with van der Waals surface area (Å²) in [6.07, 6.45) is 4.86. The summed E-state index contributed by atoms with van der Waals surface area (Å²) in [6, 6.07) is 7.36. The van der Waals surface area contributed by atoms with Crippen LogP contribution in [0.4, 0.5) is 5.69 Å². The van der Waals surface area contributed by atoms with Crippen LogP contribution in [-0.4, -0.2) is 55.9 Å². The second-order valence-corrected chi connectivity index (χ2v) is 12.8. The van der Waals surface area contributed by atoms with Crippen molar-refractivity contribution in [2.45, 2.75) is 64.3 Å². The number of carbonyl (C=O) groups is 1. The van der Waals surface area contributed by atoms with Crippen molar-refractivity contribution < 1.29 is 17.9 Å². The number of hydrogen-bond acceptors (Lipinski definition) is 7. The van der Waals surface area contributed by atoms with Crippen molar-refractivity contribution >= 4 is 27.3 Å². The Morgan fingerprint density at radius 2 is 1.97 bits per heavy atom. The minimum Gasteiger partial charge on any atom is -0.491 e. The molecule has 0 atom stereocenters. The SMILES string of the molecule is CC(C)(C)c1cc(C(=O)CN2Cc3ccc(C4CC4)nc3C2=N)cc(NS(C)(=O)=O)c1OCCCCN. The van der Waals surface area contributed by atoms with Crippen molar-refractivity contribution in [3.63, 3.8) is 0 Å². The molecular formula is C27H37N5O4S. The van der Waals surface area contributed by atoms with Gasteiger partial charge in [0.2, 0.25) is 10.0 Å². The molecule has 0 spiro atoms. The van der Waals surface area contributed by atoms with Crippen molar-refractivity contribution in [3.8, 4) is 5.75 Å². The molecule has 10 heteroatoms. The lowest BCUT2D eigenvalue weighted by atomic mass is 9.84. The highest BCUT2D eigenvalue weighted by Gasteiger charge is 2.32. The maximum absolute atomic E-state index is 13.5. The summed E-state index contributed by atoms with van der Waals surface area (Å²) in [5, 5.41) is 8.64. The molecule has 1 aromatic heterocycles. The largest absolute Gasteiger partial charge is 0.491 e. The van der Waals surface area contributed by atoms with Gasteiger partial charge in [-0.1, -0.05) is 26.8 Å². The van der Waals surface area contributed by atoms with E-state index in [1.165, 1.54) is 6.07 Å². The second-order valence-electron chi connectivity index (χ2n) is 11.0. The zero-order valence-electron chi connectivity index (χ0n) is 22.1. The Hall–Kier alpha value is -2.98. The molecule has 0 bridgehead atoms. The number of rotatable bonds is 11. The summed E-state index contributed by atoms with van der Waals surface area (Å²) < 4.78 is 33.0. The minimum absolute atomic E-state index is 0.00738. The van der Waals surface area contributed by atoms with Crippen LogP contribution in [-0.2, 0) is 22.0 Å². The lowest BCUT2D eigenvalue weighted by Crippen LogP contribution is -2.31. The molecule has 0 saturated heterocycles. The fourth-order valence-electron chi connectivity index (χ4n) is 4.47. The van der Waals surface area contributed by atoms with Gasteiger partial charge in [0.25, 0.3) is 0 Å². The number of nitrogens with two attached hydrogens (primary N) is 1. The molecule has 0 unspecified atom stereocenters. The highest BCUT2D eigenvalue weighted by Crippen LogP contribution is 2.41. The lowest BCUT2D eigenvalue weighted by molar-refractivity contribution is 0.0962. The van der Waals surface area contributed by atoms with Crippen LogP contribution in [0.2, 0.25) is 0 Å². The third-order valence-corrected chi connectivity index (χ3v) is 7.18. The van der Waals surface area contributed by atoms with Crippen LogP contribution in [0.15, 0.2) is 24.3 Å². The van der Waals surface area contributed by atoms with Crippen molar-refractivity contribution in [1.82, 2.24) is 9.88 Å². The molecular weight excluding hydrogens is 490 g/mol. The lowest BCUT2D eigenvalue weighted by Gasteiger charge is -2.26. The summed E-state index contributed by atoms with van der Waals surface area (Å²) in [6.45, 7) is 7.33. The number of hydrogen-bond donors (Lipinski definition) is 3. The average molecular weight is 528 g/mol. The fraction of sp³-hybridized carbons (Fsp3) is 0.519. The van der Waals surface area contributed by atoms with E-state index in [2.05, 4.69) is 4.72 Å². The Kier molecular flexibility index (Phi) is 7.62. The number of ketones is 1. The third-order valence-electron chi connectivity index (χ3n) is 6.59. The van der Waals surface area contributed by atoms with E-state index in [0.29, 0.717) is 42.6 Å². The average Bonchev–Trinajstić information content (AvgIpc) is 3.61. The number of aromatic nitrogens is 1. The molecule has 4 N–H and O–H groups in total. The van der Waals surface area contributed by atoms with Gasteiger partial charge in [0, 0.05) is 34.8 Å². The van der Waals surface area contributed by atoms with Crippen LogP contribution in [0.5, 0.6) is 5.75 Å². The molecule has 0 radical (unpaired) electrons. The molecule has 37 heavy (non-hydrogen) atoms. The molecule has 1 saturated carbocycles. The van der Waals surface area contributed by atoms with Gasteiger partial charge in [0.05, 0.1) is 25.1 Å². The number of benzene rings is 1. The maximum Gasteiger partial charge on any atom is 0.229 e. The number of anilines is 1.